The summed E-state index contributed by atoms with van der Waals surface area (Å²) in [6.07, 6.45) is 0. The van der Waals surface area contributed by atoms with Gasteiger partial charge in [-0.3, -0.25) is 0 Å². The second-order valence-corrected chi connectivity index (χ2v) is 9.35. The van der Waals surface area contributed by atoms with Gasteiger partial charge in [0.05, 0.1) is 0 Å². The van der Waals surface area contributed by atoms with E-state index in [4.69, 9.17) is 11.6 Å². The van der Waals surface area contributed by atoms with Crippen LogP contribution in [0.2, 0.25) is 5.02 Å². The van der Waals surface area contributed by atoms with Crippen LogP contribution in [0.1, 0.15) is 22.4 Å². The van der Waals surface area contributed by atoms with Crippen LogP contribution in [0.5, 0.6) is 0 Å². The first-order valence-electron chi connectivity index (χ1n) is 8.12. The van der Waals surface area contributed by atoms with Crippen LogP contribution >= 0.6 is 11.6 Å². The zero-order chi connectivity index (χ0) is 17.2. The molecule has 0 spiro atoms. The number of H-pyrrole nitrogens is 1. The van der Waals surface area contributed by atoms with Gasteiger partial charge in [-0.25, -0.2) is 0 Å². The quantitative estimate of drug-likeness (QED) is 0.344. The fourth-order valence-corrected chi connectivity index (χ4v) is 5.77. The molecule has 130 valence electrons. The molecule has 1 aromatic heterocycles. The van der Waals surface area contributed by atoms with Crippen molar-refractivity contribution in [2.24, 2.45) is 0 Å². The van der Waals surface area contributed by atoms with Gasteiger partial charge in [-0.1, -0.05) is 0 Å². The number of hydrogen-bond acceptors (Lipinski definition) is 2. The molecule has 0 saturated carbocycles. The Morgan fingerprint density at radius 1 is 1.00 bits per heavy atom. The maximum absolute atomic E-state index is 12.8. The zero-order valence-electron chi connectivity index (χ0n) is 13.6. The Kier molecular flexibility index (Phi) is 4.96. The van der Waals surface area contributed by atoms with Gasteiger partial charge in [0, 0.05) is 0 Å². The van der Waals surface area contributed by atoms with E-state index < -0.39 is 0 Å². The number of halogens is 2. The summed E-state index contributed by atoms with van der Waals surface area (Å²) in [5, 5.41) is 4.03. The summed E-state index contributed by atoms with van der Waals surface area (Å²) in [7, 11) is 0. The van der Waals surface area contributed by atoms with Crippen LogP contribution in [-0.2, 0) is 24.1 Å². The van der Waals surface area contributed by atoms with Gasteiger partial charge >= 0.3 is 162 Å². The van der Waals surface area contributed by atoms with Crippen LogP contribution in [0.15, 0.2) is 59.4 Å². The number of rotatable bonds is 4. The number of hydrogen-bond donors (Lipinski definition) is 1. The van der Waals surface area contributed by atoms with E-state index in [0.29, 0.717) is 11.6 Å². The van der Waals surface area contributed by atoms with E-state index in [1.165, 1.54) is 5.56 Å². The number of nitrogens with zero attached hydrogens (tertiary/aromatic N) is 2. The monoisotopic (exact) mass is 466 g/mol. The Morgan fingerprint density at radius 2 is 1.72 bits per heavy atom. The molecule has 0 bridgehead atoms. The molecule has 1 aliphatic heterocycles. The zero-order valence-corrected chi connectivity index (χ0v) is 16.5. The van der Waals surface area contributed by atoms with Gasteiger partial charge in [0.1, 0.15) is 0 Å². The van der Waals surface area contributed by atoms with Crippen molar-refractivity contribution in [3.05, 3.63) is 92.4 Å². The number of aromatic amines is 1. The number of fused-ring (bicyclic) bond motifs is 1. The van der Waals surface area contributed by atoms with Crippen molar-refractivity contribution in [3.8, 4) is 0 Å². The van der Waals surface area contributed by atoms with Crippen LogP contribution < -0.4 is 27.0 Å². The van der Waals surface area contributed by atoms with Gasteiger partial charge in [0.15, 0.2) is 0 Å². The van der Waals surface area contributed by atoms with Crippen LogP contribution in [-0.4, -0.2) is 12.9 Å². The Labute approximate surface area is 162 Å². The summed E-state index contributed by atoms with van der Waals surface area (Å²) in [4.78, 5) is 12.8. The van der Waals surface area contributed by atoms with Gasteiger partial charge in [-0.15, -0.1) is 0 Å². The average Bonchev–Trinajstić information content (AvgIpc) is 2.94. The molecule has 0 fully saturated rings. The number of benzene rings is 2. The Balaban J connectivity index is 1.52. The fraction of sp³-hybridized carbons (Fsp3) is 0.211. The van der Waals surface area contributed by atoms with Crippen molar-refractivity contribution in [1.82, 2.24) is 12.9 Å². The van der Waals surface area contributed by atoms with Crippen LogP contribution in [0.3, 0.4) is 0 Å². The maximum atomic E-state index is 12.8. The second-order valence-electron chi connectivity index (χ2n) is 6.10. The minimum atomic E-state index is -0.0980. The summed E-state index contributed by atoms with van der Waals surface area (Å²) in [6, 6.07) is 18.1. The summed E-state index contributed by atoms with van der Waals surface area (Å²) in [5.74, 6) is 0. The first kappa shape index (κ1) is 16.9. The van der Waals surface area contributed by atoms with Crippen molar-refractivity contribution in [1.29, 1.82) is 0 Å². The first-order chi connectivity index (χ1) is 12.2. The van der Waals surface area contributed by atoms with Crippen LogP contribution in [0, 0.1) is 0 Å². The van der Waals surface area contributed by atoms with Crippen molar-refractivity contribution in [2.45, 2.75) is 24.1 Å². The van der Waals surface area contributed by atoms with Crippen molar-refractivity contribution < 1.29 is 21.5 Å². The Hall–Kier alpha value is -1.57. The third-order valence-electron chi connectivity index (χ3n) is 4.28. The molecule has 2 aromatic carbocycles. The molecular formula is C19H18ClIN3O-. The molecule has 25 heavy (non-hydrogen) atoms. The molecule has 3 aromatic rings. The average molecular weight is 467 g/mol. The molecule has 1 N–H and O–H groups in total. The normalized spacial score (nSPS) is 14.8. The van der Waals surface area contributed by atoms with Gasteiger partial charge in [-0.05, 0) is 0 Å². The molecule has 4 nitrogen and oxygen atoms in total. The van der Waals surface area contributed by atoms with Crippen molar-refractivity contribution in [3.63, 3.8) is 0 Å². The van der Waals surface area contributed by atoms with E-state index in [-0.39, 0.29) is 27.0 Å². The molecule has 1 aliphatic rings. The van der Waals surface area contributed by atoms with E-state index in [1.54, 1.807) is 4.68 Å². The SMILES string of the molecule is O=c1c2c([nH]n1Cc1ccc(Cl)cc1)C[I-]N(Cc1ccccc1)C2. The standard InChI is InChI=1S/C19H18ClIN3O/c20-16-8-6-15(7-9-16)12-24-19(25)17-13-23(21-10-18(17)22-24)11-14-4-2-1-3-5-14/h1-9,22H,10-13H2/q-1. The first-order valence-corrected chi connectivity index (χ1v) is 11.0. The Morgan fingerprint density at radius 3 is 2.48 bits per heavy atom. The molecule has 0 atom stereocenters. The predicted octanol–water partition coefficient (Wildman–Crippen LogP) is 0.398. The molecule has 0 amide bonds. The topological polar surface area (TPSA) is 41.0 Å². The van der Waals surface area contributed by atoms with E-state index in [1.807, 2.05) is 30.3 Å². The van der Waals surface area contributed by atoms with E-state index >= 15 is 0 Å². The van der Waals surface area contributed by atoms with E-state index in [2.05, 4.69) is 32.5 Å². The Bertz CT molecular complexity index is 918. The molecule has 0 unspecified atom stereocenters. The molecular weight excluding hydrogens is 449 g/mol. The summed E-state index contributed by atoms with van der Waals surface area (Å²) < 4.78 is 5.16. The van der Waals surface area contributed by atoms with Gasteiger partial charge < -0.3 is 0 Å². The van der Waals surface area contributed by atoms with Gasteiger partial charge in [-0.2, -0.15) is 0 Å². The molecule has 6 heteroatoms. The number of alkyl halides is 1. The summed E-state index contributed by atoms with van der Waals surface area (Å²) >= 11 is 5.83. The van der Waals surface area contributed by atoms with E-state index in [0.717, 1.165) is 34.3 Å². The molecule has 0 aliphatic carbocycles. The van der Waals surface area contributed by atoms with Gasteiger partial charge in [0.2, 0.25) is 0 Å². The van der Waals surface area contributed by atoms with Crippen LogP contribution in [0.25, 0.3) is 0 Å². The van der Waals surface area contributed by atoms with Crippen molar-refractivity contribution >= 4 is 11.6 Å². The number of nitrogens with one attached hydrogen (secondary N) is 1. The molecule has 2 heterocycles. The molecule has 0 saturated heterocycles. The third-order valence-corrected chi connectivity index (χ3v) is 7.28. The van der Waals surface area contributed by atoms with Gasteiger partial charge in [0.25, 0.3) is 0 Å². The second kappa shape index (κ2) is 7.35. The van der Waals surface area contributed by atoms with Crippen LogP contribution in [0.4, 0.5) is 0 Å². The summed E-state index contributed by atoms with van der Waals surface area (Å²) in [5.41, 5.74) is 4.53. The fourth-order valence-electron chi connectivity index (χ4n) is 2.97. The number of aromatic nitrogens is 2. The third kappa shape index (κ3) is 3.83. The van der Waals surface area contributed by atoms with E-state index in [9.17, 15) is 4.79 Å². The minimum absolute atomic E-state index is 0.0980. The summed E-state index contributed by atoms with van der Waals surface area (Å²) in [6.45, 7) is 2.23. The predicted molar refractivity (Wildman–Crippen MR) is 95.0 cm³/mol. The molecule has 4 rings (SSSR count). The van der Waals surface area contributed by atoms with Crippen molar-refractivity contribution in [2.75, 3.05) is 0 Å². The molecule has 0 radical (unpaired) electrons.